The fourth-order valence-corrected chi connectivity index (χ4v) is 3.74. The summed E-state index contributed by atoms with van der Waals surface area (Å²) in [7, 11) is 4.72. The van der Waals surface area contributed by atoms with Crippen LogP contribution >= 0.6 is 12.2 Å². The number of nitrogens with zero attached hydrogens (tertiary/aromatic N) is 1. The van der Waals surface area contributed by atoms with Crippen LogP contribution in [0.2, 0.25) is 0 Å². The quantitative estimate of drug-likeness (QED) is 0.787. The van der Waals surface area contributed by atoms with Gasteiger partial charge in [0.15, 0.2) is 16.6 Å². The molecule has 1 aliphatic heterocycles. The Morgan fingerprint density at radius 3 is 2.08 bits per heavy atom. The molecular weight excluding hydrogens is 328 g/mol. The Kier molecular flexibility index (Phi) is 5.15. The summed E-state index contributed by atoms with van der Waals surface area (Å²) in [5.41, 5.74) is -0.410. The highest BCUT2D eigenvalue weighted by molar-refractivity contribution is 7.80. The van der Waals surface area contributed by atoms with Gasteiger partial charge in [-0.05, 0) is 50.7 Å². The highest BCUT2D eigenvalue weighted by Gasteiger charge is 2.42. The van der Waals surface area contributed by atoms with Crippen molar-refractivity contribution in [1.82, 2.24) is 10.2 Å². The molecule has 1 aromatic rings. The highest BCUT2D eigenvalue weighted by atomic mass is 32.1. The molecule has 2 rings (SSSR count). The summed E-state index contributed by atoms with van der Waals surface area (Å²) >= 11 is 5.46. The molecule has 1 aromatic carbocycles. The van der Waals surface area contributed by atoms with Gasteiger partial charge in [-0.3, -0.25) is 0 Å². The van der Waals surface area contributed by atoms with Crippen molar-refractivity contribution in [3.63, 3.8) is 0 Å². The molecule has 1 heterocycles. The third-order valence-electron chi connectivity index (χ3n) is 4.11. The van der Waals surface area contributed by atoms with E-state index >= 15 is 0 Å². The molecule has 0 aromatic heterocycles. The summed E-state index contributed by atoms with van der Waals surface area (Å²) in [6, 6.07) is 3.72. The van der Waals surface area contributed by atoms with E-state index in [-0.39, 0.29) is 5.54 Å². The molecule has 0 amide bonds. The van der Waals surface area contributed by atoms with E-state index in [9.17, 15) is 5.11 Å². The number of hydrogen-bond donors (Lipinski definition) is 2. The molecule has 1 fully saturated rings. The Bertz CT molecular complexity index is 606. The van der Waals surface area contributed by atoms with E-state index < -0.39 is 5.72 Å². The van der Waals surface area contributed by atoms with Gasteiger partial charge in [0.25, 0.3) is 0 Å². The normalized spacial score (nSPS) is 22.8. The molecule has 0 aliphatic carbocycles. The first-order chi connectivity index (χ1) is 11.1. The van der Waals surface area contributed by atoms with Gasteiger partial charge < -0.3 is 29.5 Å². The predicted octanol–water partition coefficient (Wildman–Crippen LogP) is 2.28. The lowest BCUT2D eigenvalue weighted by Crippen LogP contribution is -2.65. The summed E-state index contributed by atoms with van der Waals surface area (Å²) in [6.45, 7) is 6.24. The maximum atomic E-state index is 10.9. The van der Waals surface area contributed by atoms with Gasteiger partial charge in [0.05, 0.1) is 21.3 Å². The van der Waals surface area contributed by atoms with E-state index in [4.69, 9.17) is 26.4 Å². The first kappa shape index (κ1) is 18.6. The largest absolute Gasteiger partial charge is 0.493 e. The lowest BCUT2D eigenvalue weighted by atomic mass is 9.90. The second kappa shape index (κ2) is 6.64. The number of thiocarbonyl (C=S) groups is 1. The maximum absolute atomic E-state index is 10.9. The number of hydrogen-bond acceptors (Lipinski definition) is 5. The van der Waals surface area contributed by atoms with Gasteiger partial charge in [-0.15, -0.1) is 0 Å². The lowest BCUT2D eigenvalue weighted by molar-refractivity contribution is -0.0921. The minimum absolute atomic E-state index is 0.258. The monoisotopic (exact) mass is 354 g/mol. The van der Waals surface area contributed by atoms with E-state index in [2.05, 4.69) is 5.32 Å². The summed E-state index contributed by atoms with van der Waals surface area (Å²) in [6.07, 6.45) is 0.546. The first-order valence-electron chi connectivity index (χ1n) is 7.74. The van der Waals surface area contributed by atoms with Crippen molar-refractivity contribution in [1.29, 1.82) is 0 Å². The fraction of sp³-hybridized carbons (Fsp3) is 0.588. The zero-order valence-electron chi connectivity index (χ0n) is 15.1. The Morgan fingerprint density at radius 1 is 1.12 bits per heavy atom. The van der Waals surface area contributed by atoms with Crippen LogP contribution in [0.4, 0.5) is 0 Å². The second-order valence-electron chi connectivity index (χ2n) is 6.83. The molecular formula is C17H26N2O4S. The molecule has 0 radical (unpaired) electrons. The van der Waals surface area contributed by atoms with Crippen LogP contribution in [0.15, 0.2) is 12.1 Å². The molecule has 0 bridgehead atoms. The van der Waals surface area contributed by atoms with Crippen molar-refractivity contribution in [2.24, 2.45) is 0 Å². The Balaban J connectivity index is 2.35. The summed E-state index contributed by atoms with van der Waals surface area (Å²) in [5, 5.41) is 14.7. The zero-order valence-corrected chi connectivity index (χ0v) is 15.9. The van der Waals surface area contributed by atoms with Gasteiger partial charge in [0, 0.05) is 18.5 Å². The number of aliphatic hydroxyl groups is 1. The van der Waals surface area contributed by atoms with E-state index in [1.165, 1.54) is 0 Å². The van der Waals surface area contributed by atoms with E-state index in [0.717, 1.165) is 5.56 Å². The Hall–Kier alpha value is -1.73. The van der Waals surface area contributed by atoms with E-state index in [0.29, 0.717) is 35.3 Å². The molecule has 6 nitrogen and oxygen atoms in total. The SMILES string of the molecule is COc1cc(CN2C(=S)NC(C)(C)C[C@]2(C)O)cc(OC)c1OC. The van der Waals surface area contributed by atoms with Crippen molar-refractivity contribution in [2.45, 2.75) is 45.0 Å². The lowest BCUT2D eigenvalue weighted by Gasteiger charge is -2.49. The number of benzene rings is 1. The molecule has 0 saturated carbocycles. The zero-order chi connectivity index (χ0) is 18.1. The summed E-state index contributed by atoms with van der Waals surface area (Å²) in [4.78, 5) is 1.77. The molecule has 1 aliphatic rings. The van der Waals surface area contributed by atoms with Gasteiger partial charge in [0.1, 0.15) is 5.72 Å². The van der Waals surface area contributed by atoms with Crippen LogP contribution in [0.5, 0.6) is 17.2 Å². The average molecular weight is 354 g/mol. The minimum Gasteiger partial charge on any atom is -0.493 e. The second-order valence-corrected chi connectivity index (χ2v) is 7.21. The van der Waals surface area contributed by atoms with Crippen LogP contribution in [-0.2, 0) is 6.54 Å². The van der Waals surface area contributed by atoms with E-state index in [1.807, 2.05) is 26.0 Å². The number of nitrogens with one attached hydrogen (secondary N) is 1. The topological polar surface area (TPSA) is 63.2 Å². The van der Waals surface area contributed by atoms with Crippen molar-refractivity contribution in [2.75, 3.05) is 21.3 Å². The molecule has 2 N–H and O–H groups in total. The van der Waals surface area contributed by atoms with Gasteiger partial charge in [-0.2, -0.15) is 0 Å². The first-order valence-corrected chi connectivity index (χ1v) is 8.15. The van der Waals surface area contributed by atoms with Gasteiger partial charge in [-0.25, -0.2) is 0 Å². The van der Waals surface area contributed by atoms with Crippen LogP contribution < -0.4 is 19.5 Å². The minimum atomic E-state index is -1.05. The third kappa shape index (κ3) is 3.67. The standard InChI is InChI=1S/C17H26N2O4S/c1-16(2)10-17(3,20)19(15(24)18-16)9-11-7-12(21-4)14(23-6)13(8-11)22-5/h7-8,20H,9-10H2,1-6H3,(H,18,24)/t17-/m0/s1. The van der Waals surface area contributed by atoms with Crippen molar-refractivity contribution in [3.05, 3.63) is 17.7 Å². The van der Waals surface area contributed by atoms with Crippen molar-refractivity contribution in [3.8, 4) is 17.2 Å². The van der Waals surface area contributed by atoms with Gasteiger partial charge >= 0.3 is 0 Å². The molecule has 0 unspecified atom stereocenters. The smallest absolute Gasteiger partial charge is 0.203 e. The van der Waals surface area contributed by atoms with Crippen LogP contribution in [-0.4, -0.2) is 47.7 Å². The molecule has 7 heteroatoms. The van der Waals surface area contributed by atoms with Crippen LogP contribution in [0.1, 0.15) is 32.8 Å². The van der Waals surface area contributed by atoms with Crippen LogP contribution in [0.25, 0.3) is 0 Å². The number of rotatable bonds is 5. The van der Waals surface area contributed by atoms with Crippen LogP contribution in [0.3, 0.4) is 0 Å². The summed E-state index contributed by atoms with van der Waals surface area (Å²) < 4.78 is 16.1. The molecule has 1 atom stereocenters. The molecule has 0 spiro atoms. The third-order valence-corrected chi connectivity index (χ3v) is 4.44. The predicted molar refractivity (Wildman–Crippen MR) is 96.7 cm³/mol. The van der Waals surface area contributed by atoms with E-state index in [1.54, 1.807) is 33.2 Å². The highest BCUT2D eigenvalue weighted by Crippen LogP contribution is 2.39. The molecule has 1 saturated heterocycles. The number of methoxy groups -OCH3 is 3. The fourth-order valence-electron chi connectivity index (χ4n) is 3.20. The van der Waals surface area contributed by atoms with Crippen molar-refractivity contribution >= 4 is 17.3 Å². The maximum Gasteiger partial charge on any atom is 0.203 e. The summed E-state index contributed by atoms with van der Waals surface area (Å²) in [5.74, 6) is 1.68. The molecule has 134 valence electrons. The van der Waals surface area contributed by atoms with Gasteiger partial charge in [0.2, 0.25) is 5.75 Å². The van der Waals surface area contributed by atoms with Crippen LogP contribution in [0, 0.1) is 0 Å². The number of ether oxygens (including phenoxy) is 3. The molecule has 24 heavy (non-hydrogen) atoms. The Morgan fingerprint density at radius 2 is 1.67 bits per heavy atom. The van der Waals surface area contributed by atoms with Gasteiger partial charge in [-0.1, -0.05) is 0 Å². The van der Waals surface area contributed by atoms with Crippen molar-refractivity contribution < 1.29 is 19.3 Å². The Labute approximate surface area is 148 Å². The average Bonchev–Trinajstić information content (AvgIpc) is 2.48.